The Kier molecular flexibility index (Phi) is 24.3. The Balaban J connectivity index is -0.000000170. The molecule has 0 N–H and O–H groups in total. The first kappa shape index (κ1) is 18.8. The number of hydrogen-bond acceptors (Lipinski definition) is 0. The molecule has 0 amide bonds. The van der Waals surface area contributed by atoms with Crippen molar-refractivity contribution in [2.75, 3.05) is 0 Å². The summed E-state index contributed by atoms with van der Waals surface area (Å²) in [6.45, 7) is 15.6. The van der Waals surface area contributed by atoms with Gasteiger partial charge in [0.15, 0.2) is 0 Å². The van der Waals surface area contributed by atoms with Gasteiger partial charge in [-0.3, -0.25) is 0 Å². The molecule has 0 heterocycles. The molecule has 0 rings (SSSR count). The maximum Gasteiger partial charge on any atom is 0.122 e. The van der Waals surface area contributed by atoms with E-state index in [9.17, 15) is 4.39 Å². The average Bonchev–Trinajstić information content (AvgIpc) is 2.08. The zero-order valence-electron chi connectivity index (χ0n) is 10.5. The molecule has 0 aromatic heterocycles. The monoisotopic (exact) mass is 200 g/mol. The van der Waals surface area contributed by atoms with Crippen molar-refractivity contribution in [3.8, 4) is 0 Å². The van der Waals surface area contributed by atoms with Crippen molar-refractivity contribution in [2.45, 2.75) is 41.5 Å². The van der Waals surface area contributed by atoms with Crippen molar-refractivity contribution in [3.05, 3.63) is 36.7 Å². The molecule has 0 aromatic rings. The van der Waals surface area contributed by atoms with E-state index in [1.54, 1.807) is 13.0 Å². The lowest BCUT2D eigenvalue weighted by molar-refractivity contribution is 0.667. The third-order valence-corrected chi connectivity index (χ3v) is 0.603. The van der Waals surface area contributed by atoms with E-state index in [4.69, 9.17) is 0 Å². The van der Waals surface area contributed by atoms with Gasteiger partial charge in [-0.05, 0) is 25.0 Å². The summed E-state index contributed by atoms with van der Waals surface area (Å²) in [7, 11) is 0. The van der Waals surface area contributed by atoms with E-state index in [0.29, 0.717) is 0 Å². The van der Waals surface area contributed by atoms with Crippen LogP contribution in [0.5, 0.6) is 0 Å². The highest BCUT2D eigenvalue weighted by molar-refractivity contribution is 5.15. The molecule has 14 heavy (non-hydrogen) atoms. The van der Waals surface area contributed by atoms with E-state index in [1.807, 2.05) is 13.8 Å². The van der Waals surface area contributed by atoms with Gasteiger partial charge in [0.2, 0.25) is 0 Å². The summed E-state index contributed by atoms with van der Waals surface area (Å²) in [5.41, 5.74) is 0. The topological polar surface area (TPSA) is 0 Å². The summed E-state index contributed by atoms with van der Waals surface area (Å²) >= 11 is 0. The summed E-state index contributed by atoms with van der Waals surface area (Å²) in [4.78, 5) is 0. The highest BCUT2D eigenvalue weighted by atomic mass is 19.1. The normalized spacial score (nSPS) is 10.1. The largest absolute Gasteiger partial charge is 0.207 e. The molecule has 0 bridgehead atoms. The minimum atomic E-state index is -0.262. The van der Waals surface area contributed by atoms with Crippen molar-refractivity contribution in [1.82, 2.24) is 0 Å². The van der Waals surface area contributed by atoms with Crippen molar-refractivity contribution in [2.24, 2.45) is 5.92 Å². The van der Waals surface area contributed by atoms with Crippen molar-refractivity contribution < 1.29 is 4.39 Å². The van der Waals surface area contributed by atoms with Crippen LogP contribution >= 0.6 is 0 Å². The summed E-state index contributed by atoms with van der Waals surface area (Å²) in [5, 5.41) is 0. The van der Waals surface area contributed by atoms with Crippen LogP contribution in [0.15, 0.2) is 36.7 Å². The molecule has 0 fully saturated rings. The molecule has 0 aliphatic heterocycles. The average molecular weight is 200 g/mol. The SMILES string of the molecule is C=C/C=C(F)\C=C/C.CC.CC(C)C. The minimum Gasteiger partial charge on any atom is -0.207 e. The van der Waals surface area contributed by atoms with E-state index in [2.05, 4.69) is 27.4 Å². The van der Waals surface area contributed by atoms with Crippen LogP contribution in [-0.2, 0) is 0 Å². The molecular weight excluding hydrogens is 175 g/mol. The molecule has 0 atom stereocenters. The molecule has 0 nitrogen and oxygen atoms in total. The number of hydrogen-bond donors (Lipinski definition) is 0. The Morgan fingerprint density at radius 1 is 1.21 bits per heavy atom. The van der Waals surface area contributed by atoms with Gasteiger partial charge in [-0.2, -0.15) is 0 Å². The van der Waals surface area contributed by atoms with Gasteiger partial charge < -0.3 is 0 Å². The van der Waals surface area contributed by atoms with Gasteiger partial charge in [0.1, 0.15) is 5.83 Å². The molecule has 0 aliphatic carbocycles. The first-order valence-corrected chi connectivity index (χ1v) is 5.15. The van der Waals surface area contributed by atoms with Crippen LogP contribution in [0.2, 0.25) is 0 Å². The molecule has 84 valence electrons. The fourth-order valence-electron chi connectivity index (χ4n) is 0.327. The van der Waals surface area contributed by atoms with Gasteiger partial charge >= 0.3 is 0 Å². The van der Waals surface area contributed by atoms with E-state index < -0.39 is 0 Å². The predicted octanol–water partition coefficient (Wildman–Crippen LogP) is 5.29. The minimum absolute atomic E-state index is 0.262. The zero-order chi connectivity index (χ0) is 12.0. The summed E-state index contributed by atoms with van der Waals surface area (Å²) in [5.74, 6) is 0.572. The lowest BCUT2D eigenvalue weighted by Crippen LogP contribution is -1.66. The van der Waals surface area contributed by atoms with E-state index >= 15 is 0 Å². The molecule has 0 aliphatic rings. The molecule has 0 aromatic carbocycles. The molecule has 1 heteroatoms. The highest BCUT2D eigenvalue weighted by Crippen LogP contribution is 1.96. The second kappa shape index (κ2) is 18.0. The Labute approximate surface area is 89.2 Å². The lowest BCUT2D eigenvalue weighted by atomic mass is 10.3. The standard InChI is InChI=1S/C7H9F.C4H10.C2H6/c1-3-5-7(8)6-4-2;1-4(2)3;1-2/h3-6H,1H2,2H3;4H,1-3H3;1-2H3/b6-4-,7-5+;;. The maximum absolute atomic E-state index is 12.1. The Morgan fingerprint density at radius 3 is 1.79 bits per heavy atom. The molecule has 0 unspecified atom stereocenters. The smallest absolute Gasteiger partial charge is 0.122 e. The van der Waals surface area contributed by atoms with Gasteiger partial charge in [0.05, 0.1) is 0 Å². The van der Waals surface area contributed by atoms with Crippen LogP contribution in [0.1, 0.15) is 41.5 Å². The van der Waals surface area contributed by atoms with Crippen LogP contribution in [0.4, 0.5) is 4.39 Å². The van der Waals surface area contributed by atoms with Crippen LogP contribution in [-0.4, -0.2) is 0 Å². The maximum atomic E-state index is 12.1. The van der Waals surface area contributed by atoms with Gasteiger partial charge in [0, 0.05) is 0 Å². The molecule has 0 saturated heterocycles. The van der Waals surface area contributed by atoms with Crippen LogP contribution in [0.25, 0.3) is 0 Å². The third kappa shape index (κ3) is 43.3. The van der Waals surface area contributed by atoms with Crippen LogP contribution in [0.3, 0.4) is 0 Å². The Morgan fingerprint density at radius 2 is 1.57 bits per heavy atom. The lowest BCUT2D eigenvalue weighted by Gasteiger charge is -1.79. The van der Waals surface area contributed by atoms with Crippen molar-refractivity contribution in [3.63, 3.8) is 0 Å². The van der Waals surface area contributed by atoms with Gasteiger partial charge in [0.25, 0.3) is 0 Å². The summed E-state index contributed by atoms with van der Waals surface area (Å²) in [6, 6.07) is 0. The third-order valence-electron chi connectivity index (χ3n) is 0.603. The first-order valence-electron chi connectivity index (χ1n) is 5.15. The van der Waals surface area contributed by atoms with Gasteiger partial charge in [-0.25, -0.2) is 4.39 Å². The van der Waals surface area contributed by atoms with E-state index in [0.717, 1.165) is 5.92 Å². The second-order valence-electron chi connectivity index (χ2n) is 3.02. The molecule has 0 radical (unpaired) electrons. The highest BCUT2D eigenvalue weighted by Gasteiger charge is 1.77. The molecule has 0 spiro atoms. The van der Waals surface area contributed by atoms with Gasteiger partial charge in [-0.15, -0.1) is 0 Å². The number of rotatable bonds is 2. The number of allylic oxidation sites excluding steroid dienone is 5. The predicted molar refractivity (Wildman–Crippen MR) is 66.1 cm³/mol. The fourth-order valence-corrected chi connectivity index (χ4v) is 0.327. The summed E-state index contributed by atoms with van der Waals surface area (Å²) < 4.78 is 12.1. The Bertz CT molecular complexity index is 150. The molecule has 0 saturated carbocycles. The number of halogens is 1. The van der Waals surface area contributed by atoms with Crippen LogP contribution in [0, 0.1) is 5.92 Å². The van der Waals surface area contributed by atoms with Crippen molar-refractivity contribution in [1.29, 1.82) is 0 Å². The first-order chi connectivity index (χ1) is 6.54. The van der Waals surface area contributed by atoms with Gasteiger partial charge in [-0.1, -0.05) is 53.3 Å². The molecular formula is C13H25F. The summed E-state index contributed by atoms with van der Waals surface area (Å²) in [6.07, 6.45) is 5.73. The zero-order valence-corrected chi connectivity index (χ0v) is 10.5. The van der Waals surface area contributed by atoms with Crippen LogP contribution < -0.4 is 0 Å². The van der Waals surface area contributed by atoms with E-state index in [-0.39, 0.29) is 5.83 Å². The second-order valence-corrected chi connectivity index (χ2v) is 3.02. The van der Waals surface area contributed by atoms with E-state index in [1.165, 1.54) is 18.2 Å². The fraction of sp³-hybridized carbons (Fsp3) is 0.538. The Hall–Kier alpha value is -0.850. The quantitative estimate of drug-likeness (QED) is 0.531. The van der Waals surface area contributed by atoms with Crippen molar-refractivity contribution >= 4 is 0 Å².